The lowest BCUT2D eigenvalue weighted by molar-refractivity contribution is 0.0697. The molecule has 0 saturated heterocycles. The number of H-pyrrole nitrogens is 2. The van der Waals surface area contributed by atoms with Gasteiger partial charge in [0.1, 0.15) is 0 Å². The molecule has 100 valence electrons. The van der Waals surface area contributed by atoms with Crippen molar-refractivity contribution >= 4 is 11.6 Å². The van der Waals surface area contributed by atoms with Gasteiger partial charge in [0.25, 0.3) is 11.1 Å². The average Bonchev–Trinajstić information content (AvgIpc) is 2.76. The molecular weight excluding hydrogens is 262 g/mol. The van der Waals surface area contributed by atoms with E-state index in [9.17, 15) is 14.4 Å². The van der Waals surface area contributed by atoms with Gasteiger partial charge in [-0.25, -0.2) is 4.79 Å². The summed E-state index contributed by atoms with van der Waals surface area (Å²) >= 11 is 0. The van der Waals surface area contributed by atoms with E-state index >= 15 is 0 Å². The Hall–Kier alpha value is -3.09. The first kappa shape index (κ1) is 12.0. The van der Waals surface area contributed by atoms with Crippen molar-refractivity contribution < 1.29 is 9.90 Å². The third-order valence-corrected chi connectivity index (χ3v) is 2.94. The normalized spacial score (nSPS) is 10.8. The van der Waals surface area contributed by atoms with Gasteiger partial charge in [-0.1, -0.05) is 30.3 Å². The molecule has 0 amide bonds. The molecule has 0 fully saturated rings. The molecule has 3 N–H and O–H groups in total. The molecule has 20 heavy (non-hydrogen) atoms. The van der Waals surface area contributed by atoms with E-state index in [4.69, 9.17) is 5.11 Å². The third kappa shape index (κ3) is 1.72. The molecule has 0 unspecified atom stereocenters. The number of hydrogen-bond donors (Lipinski definition) is 3. The van der Waals surface area contributed by atoms with Crippen LogP contribution in [0.5, 0.6) is 0 Å². The van der Waals surface area contributed by atoms with Gasteiger partial charge in [0, 0.05) is 6.07 Å². The van der Waals surface area contributed by atoms with Gasteiger partial charge < -0.3 is 10.1 Å². The minimum Gasteiger partial charge on any atom is -0.477 e. The summed E-state index contributed by atoms with van der Waals surface area (Å²) in [6.07, 6.45) is 0. The van der Waals surface area contributed by atoms with Gasteiger partial charge in [0.15, 0.2) is 11.2 Å². The van der Waals surface area contributed by atoms with Crippen molar-refractivity contribution in [2.24, 2.45) is 0 Å². The Balaban J connectivity index is 2.39. The van der Waals surface area contributed by atoms with Crippen molar-refractivity contribution in [2.45, 2.75) is 0 Å². The fraction of sp³-hybridized carbons (Fsp3) is 0. The predicted molar refractivity (Wildman–Crippen MR) is 71.0 cm³/mol. The molecule has 0 bridgehead atoms. The fourth-order valence-electron chi connectivity index (χ4n) is 2.04. The second-order valence-electron chi connectivity index (χ2n) is 4.19. The lowest BCUT2D eigenvalue weighted by atomic mass is 10.1. The zero-order valence-electron chi connectivity index (χ0n) is 10.1. The van der Waals surface area contributed by atoms with E-state index in [1.54, 1.807) is 24.3 Å². The molecule has 7 heteroatoms. The Labute approximate surface area is 111 Å². The highest BCUT2D eigenvalue weighted by atomic mass is 16.4. The van der Waals surface area contributed by atoms with Crippen LogP contribution >= 0.6 is 0 Å². The first-order valence-corrected chi connectivity index (χ1v) is 5.74. The van der Waals surface area contributed by atoms with E-state index in [1.807, 2.05) is 6.07 Å². The van der Waals surface area contributed by atoms with Crippen LogP contribution < -0.4 is 11.1 Å². The van der Waals surface area contributed by atoms with E-state index in [0.717, 1.165) is 10.1 Å². The Morgan fingerprint density at radius 3 is 2.50 bits per heavy atom. The number of carbonyl (C=O) groups is 1. The summed E-state index contributed by atoms with van der Waals surface area (Å²) in [5, 5.41) is 11.2. The Kier molecular flexibility index (Phi) is 2.53. The number of hydrogen-bond acceptors (Lipinski definition) is 3. The van der Waals surface area contributed by atoms with Gasteiger partial charge in [-0.3, -0.25) is 14.7 Å². The van der Waals surface area contributed by atoms with E-state index in [2.05, 4.69) is 10.1 Å². The van der Waals surface area contributed by atoms with Crippen LogP contribution in [0.25, 0.3) is 16.9 Å². The van der Waals surface area contributed by atoms with Crippen LogP contribution in [0.3, 0.4) is 0 Å². The number of benzene rings is 1. The highest BCUT2D eigenvalue weighted by Crippen LogP contribution is 2.15. The zero-order valence-corrected chi connectivity index (χ0v) is 10.1. The maximum Gasteiger partial charge on any atom is 0.345 e. The highest BCUT2D eigenvalue weighted by molar-refractivity contribution is 5.94. The minimum atomic E-state index is -1.39. The van der Waals surface area contributed by atoms with Gasteiger partial charge in [-0.15, -0.1) is 0 Å². The lowest BCUT2D eigenvalue weighted by Crippen LogP contribution is -2.15. The molecule has 0 radical (unpaired) electrons. The van der Waals surface area contributed by atoms with Crippen molar-refractivity contribution in [1.29, 1.82) is 0 Å². The van der Waals surface area contributed by atoms with Crippen LogP contribution in [-0.2, 0) is 0 Å². The number of fused-ring (bicyclic) bond motifs is 1. The number of nitrogens with zero attached hydrogens (tertiary/aromatic N) is 1. The molecular formula is C13H9N3O4. The second kappa shape index (κ2) is 4.23. The molecule has 0 atom stereocenters. The van der Waals surface area contributed by atoms with Crippen molar-refractivity contribution in [3.63, 3.8) is 0 Å². The largest absolute Gasteiger partial charge is 0.477 e. The van der Waals surface area contributed by atoms with Gasteiger partial charge >= 0.3 is 5.97 Å². The highest BCUT2D eigenvalue weighted by Gasteiger charge is 2.18. The van der Waals surface area contributed by atoms with Crippen molar-refractivity contribution in [1.82, 2.24) is 14.6 Å². The molecule has 7 nitrogen and oxygen atoms in total. The van der Waals surface area contributed by atoms with Gasteiger partial charge in [0.05, 0.1) is 5.69 Å². The molecule has 0 aliphatic carbocycles. The molecule has 2 aromatic heterocycles. The zero-order chi connectivity index (χ0) is 14.3. The van der Waals surface area contributed by atoms with Gasteiger partial charge in [-0.05, 0) is 5.56 Å². The van der Waals surface area contributed by atoms with Gasteiger partial charge in [0.2, 0.25) is 0 Å². The summed E-state index contributed by atoms with van der Waals surface area (Å²) in [7, 11) is 0. The summed E-state index contributed by atoms with van der Waals surface area (Å²) in [6.45, 7) is 0. The monoisotopic (exact) mass is 271 g/mol. The van der Waals surface area contributed by atoms with Crippen LogP contribution in [0.2, 0.25) is 0 Å². The Bertz CT molecular complexity index is 918. The van der Waals surface area contributed by atoms with Crippen molar-refractivity contribution in [2.75, 3.05) is 0 Å². The molecule has 3 rings (SSSR count). The molecule has 2 heterocycles. The van der Waals surface area contributed by atoms with Crippen LogP contribution in [0.1, 0.15) is 10.4 Å². The van der Waals surface area contributed by atoms with Crippen LogP contribution in [0.15, 0.2) is 46.0 Å². The number of carboxylic acid groups (broad SMARTS) is 1. The maximum atomic E-state index is 11.9. The molecule has 0 saturated carbocycles. The first-order chi connectivity index (χ1) is 9.58. The third-order valence-electron chi connectivity index (χ3n) is 2.94. The molecule has 0 aliphatic rings. The lowest BCUT2D eigenvalue weighted by Gasteiger charge is -2.03. The van der Waals surface area contributed by atoms with E-state index in [0.29, 0.717) is 5.69 Å². The number of aromatic carboxylic acids is 1. The summed E-state index contributed by atoms with van der Waals surface area (Å²) in [6, 6.07) is 10.2. The average molecular weight is 271 g/mol. The minimum absolute atomic E-state index is 0.0612. The Morgan fingerprint density at radius 1 is 1.15 bits per heavy atom. The molecule has 3 aromatic rings. The second-order valence-corrected chi connectivity index (χ2v) is 4.19. The van der Waals surface area contributed by atoms with Crippen molar-refractivity contribution in [3.8, 4) is 11.3 Å². The topological polar surface area (TPSA) is 107 Å². The van der Waals surface area contributed by atoms with Gasteiger partial charge in [-0.2, -0.15) is 4.52 Å². The molecule has 0 spiro atoms. The summed E-state index contributed by atoms with van der Waals surface area (Å²) in [5.41, 5.74) is -0.721. The van der Waals surface area contributed by atoms with Crippen LogP contribution in [0, 0.1) is 0 Å². The number of aromatic amines is 2. The van der Waals surface area contributed by atoms with E-state index in [1.165, 1.54) is 6.07 Å². The standard InChI is InChI=1S/C13H9N3O4/c17-9-6-8(7-4-2-1-3-5-7)14-11-10(13(19)20)12(18)15-16(9)11/h1-6,14H,(H,15,18)(H,19,20). The summed E-state index contributed by atoms with van der Waals surface area (Å²) in [4.78, 5) is 37.4. The quantitative estimate of drug-likeness (QED) is 0.637. The van der Waals surface area contributed by atoms with Crippen LogP contribution in [-0.4, -0.2) is 25.7 Å². The van der Waals surface area contributed by atoms with Crippen LogP contribution in [0.4, 0.5) is 0 Å². The maximum absolute atomic E-state index is 11.9. The molecule has 0 aliphatic heterocycles. The first-order valence-electron chi connectivity index (χ1n) is 5.74. The SMILES string of the molecule is O=C(O)c1c(=O)[nH]n2c(=O)cc(-c3ccccc3)[nH]c12. The fourth-order valence-corrected chi connectivity index (χ4v) is 2.04. The summed E-state index contributed by atoms with van der Waals surface area (Å²) in [5.74, 6) is -1.39. The number of aromatic nitrogens is 3. The number of rotatable bonds is 2. The predicted octanol–water partition coefficient (Wildman–Crippen LogP) is 0.681. The number of carboxylic acids is 1. The Morgan fingerprint density at radius 2 is 1.85 bits per heavy atom. The summed E-state index contributed by atoms with van der Waals surface area (Å²) < 4.78 is 0.887. The van der Waals surface area contributed by atoms with Crippen molar-refractivity contribution in [3.05, 3.63) is 62.7 Å². The smallest absolute Gasteiger partial charge is 0.345 e. The number of nitrogens with one attached hydrogen (secondary N) is 2. The molecule has 1 aromatic carbocycles. The van der Waals surface area contributed by atoms with E-state index in [-0.39, 0.29) is 5.65 Å². The van der Waals surface area contributed by atoms with E-state index < -0.39 is 22.7 Å².